The van der Waals surface area contributed by atoms with Crippen LogP contribution < -0.4 is 14.8 Å². The number of nitrogens with zero attached hydrogens (tertiary/aromatic N) is 3. The molecule has 1 N–H and O–H groups in total. The molecule has 1 atom stereocenters. The number of fused-ring (bicyclic) bond motifs is 2. The fraction of sp³-hybridized carbons (Fsp3) is 0.652. The van der Waals surface area contributed by atoms with Gasteiger partial charge in [0.05, 0.1) is 24.9 Å². The van der Waals surface area contributed by atoms with Crippen LogP contribution in [0.4, 0.5) is 5.69 Å². The maximum Gasteiger partial charge on any atom is 0.257 e. The Kier molecular flexibility index (Phi) is 6.38. The molecule has 6 heteroatoms. The van der Waals surface area contributed by atoms with Crippen molar-refractivity contribution in [2.75, 3.05) is 45.2 Å². The molecular formula is C23H34N4O2. The normalized spacial score (nSPS) is 18.9. The molecule has 4 rings (SSSR count). The number of hydrogen-bond donors (Lipinski definition) is 1. The zero-order valence-corrected chi connectivity index (χ0v) is 18.1. The number of aromatic nitrogens is 2. The summed E-state index contributed by atoms with van der Waals surface area (Å²) in [6.07, 6.45) is 6.83. The van der Waals surface area contributed by atoms with Gasteiger partial charge in [-0.15, -0.1) is 0 Å². The third kappa shape index (κ3) is 4.42. The van der Waals surface area contributed by atoms with Crippen molar-refractivity contribution >= 4 is 16.7 Å². The molecule has 0 radical (unpaired) electrons. The van der Waals surface area contributed by atoms with Gasteiger partial charge in [0.1, 0.15) is 5.52 Å². The lowest BCUT2D eigenvalue weighted by atomic mass is 10.1. The fourth-order valence-electron chi connectivity index (χ4n) is 4.54. The Bertz CT molecular complexity index is 849. The van der Waals surface area contributed by atoms with Crippen LogP contribution in [0.1, 0.15) is 50.8 Å². The van der Waals surface area contributed by atoms with Crippen LogP contribution in [0.2, 0.25) is 0 Å². The Hall–Kier alpha value is -2.08. The molecule has 0 saturated carbocycles. The summed E-state index contributed by atoms with van der Waals surface area (Å²) in [5, 5.41) is 3.61. The fourth-order valence-corrected chi connectivity index (χ4v) is 4.54. The summed E-state index contributed by atoms with van der Waals surface area (Å²) in [5.41, 5.74) is 5.46. The molecule has 0 spiro atoms. The monoisotopic (exact) mass is 398 g/mol. The topological polar surface area (TPSA) is 59.5 Å². The average molecular weight is 399 g/mol. The zero-order valence-electron chi connectivity index (χ0n) is 18.1. The second-order valence-electron chi connectivity index (χ2n) is 8.47. The summed E-state index contributed by atoms with van der Waals surface area (Å²) >= 11 is 0. The lowest BCUT2D eigenvalue weighted by Gasteiger charge is -2.17. The average Bonchev–Trinajstić information content (AvgIpc) is 3.36. The van der Waals surface area contributed by atoms with E-state index in [1.165, 1.54) is 37.2 Å². The first-order valence-corrected chi connectivity index (χ1v) is 11.2. The Morgan fingerprint density at radius 2 is 2.03 bits per heavy atom. The van der Waals surface area contributed by atoms with Crippen LogP contribution in [0.3, 0.4) is 0 Å². The smallest absolute Gasteiger partial charge is 0.257 e. The highest BCUT2D eigenvalue weighted by molar-refractivity contribution is 5.91. The van der Waals surface area contributed by atoms with Crippen LogP contribution in [0.25, 0.3) is 11.0 Å². The summed E-state index contributed by atoms with van der Waals surface area (Å²) in [4.78, 5) is 12.3. The van der Waals surface area contributed by atoms with Gasteiger partial charge in [0, 0.05) is 24.8 Å². The number of ether oxygens (including phenoxy) is 2. The van der Waals surface area contributed by atoms with Crippen molar-refractivity contribution in [2.24, 2.45) is 5.92 Å². The molecule has 2 aliphatic rings. The first kappa shape index (κ1) is 20.2. The molecule has 29 heavy (non-hydrogen) atoms. The number of pyridine rings is 2. The molecule has 3 heterocycles. The minimum atomic E-state index is 0.547. The highest BCUT2D eigenvalue weighted by Gasteiger charge is 2.26. The molecule has 0 amide bonds. The lowest BCUT2D eigenvalue weighted by molar-refractivity contribution is 0.252. The molecule has 1 aliphatic carbocycles. The van der Waals surface area contributed by atoms with E-state index in [-0.39, 0.29) is 0 Å². The number of rotatable bonds is 9. The molecule has 2 aromatic heterocycles. The van der Waals surface area contributed by atoms with E-state index in [0.29, 0.717) is 24.2 Å². The summed E-state index contributed by atoms with van der Waals surface area (Å²) in [5.74, 6) is 1.87. The highest BCUT2D eigenvalue weighted by atomic mass is 16.5. The maximum atomic E-state index is 6.08. The maximum absolute atomic E-state index is 6.08. The second-order valence-corrected chi connectivity index (χ2v) is 8.47. The standard InChI is InChI=1S/C23H34N4O2/c1-4-8-24-21-17-13-16(2)14-18(17)25-19-15-20(23(28-3)26-22(19)21)29-12-7-11-27-9-5-6-10-27/h15-16H,4-14H2,1-3H3,(H,24,25). The molecule has 1 aliphatic heterocycles. The summed E-state index contributed by atoms with van der Waals surface area (Å²) in [6.45, 7) is 9.61. The van der Waals surface area contributed by atoms with Crippen molar-refractivity contribution in [3.63, 3.8) is 0 Å². The SMILES string of the molecule is CCCNc1c2c(nc3cc(OCCCN4CCCC4)c(OC)nc13)CC(C)C2. The van der Waals surface area contributed by atoms with Gasteiger partial charge in [-0.1, -0.05) is 13.8 Å². The summed E-state index contributed by atoms with van der Waals surface area (Å²) < 4.78 is 11.7. The van der Waals surface area contributed by atoms with Gasteiger partial charge in [0.25, 0.3) is 5.88 Å². The molecule has 1 fully saturated rings. The first-order valence-electron chi connectivity index (χ1n) is 11.2. The second kappa shape index (κ2) is 9.16. The number of hydrogen-bond acceptors (Lipinski definition) is 6. The molecule has 1 unspecified atom stereocenters. The van der Waals surface area contributed by atoms with Gasteiger partial charge in [0.2, 0.25) is 0 Å². The quantitative estimate of drug-likeness (QED) is 0.643. The minimum Gasteiger partial charge on any atom is -0.488 e. The molecule has 6 nitrogen and oxygen atoms in total. The van der Waals surface area contributed by atoms with Gasteiger partial charge in [-0.3, -0.25) is 4.98 Å². The van der Waals surface area contributed by atoms with E-state index in [0.717, 1.165) is 55.5 Å². The van der Waals surface area contributed by atoms with Gasteiger partial charge in [0.15, 0.2) is 5.75 Å². The van der Waals surface area contributed by atoms with Gasteiger partial charge in [-0.2, -0.15) is 0 Å². The predicted octanol–water partition coefficient (Wildman–Crippen LogP) is 4.06. The van der Waals surface area contributed by atoms with Gasteiger partial charge < -0.3 is 19.7 Å². The van der Waals surface area contributed by atoms with Gasteiger partial charge in [-0.05, 0) is 63.1 Å². The Balaban J connectivity index is 1.58. The zero-order chi connectivity index (χ0) is 20.2. The number of likely N-dealkylation sites (tertiary alicyclic amines) is 1. The van der Waals surface area contributed by atoms with E-state index in [2.05, 4.69) is 24.1 Å². The van der Waals surface area contributed by atoms with Crippen molar-refractivity contribution in [3.8, 4) is 11.6 Å². The Morgan fingerprint density at radius 3 is 2.79 bits per heavy atom. The molecule has 0 bridgehead atoms. The Morgan fingerprint density at radius 1 is 1.21 bits per heavy atom. The van der Waals surface area contributed by atoms with E-state index in [4.69, 9.17) is 19.4 Å². The number of nitrogens with one attached hydrogen (secondary N) is 1. The number of anilines is 1. The van der Waals surface area contributed by atoms with E-state index in [9.17, 15) is 0 Å². The molecule has 2 aromatic rings. The van der Waals surface area contributed by atoms with Crippen molar-refractivity contribution in [1.82, 2.24) is 14.9 Å². The molecule has 0 aromatic carbocycles. The predicted molar refractivity (Wildman–Crippen MR) is 117 cm³/mol. The third-order valence-corrected chi connectivity index (χ3v) is 5.99. The van der Waals surface area contributed by atoms with E-state index < -0.39 is 0 Å². The third-order valence-electron chi connectivity index (χ3n) is 5.99. The van der Waals surface area contributed by atoms with Gasteiger partial charge >= 0.3 is 0 Å². The van der Waals surface area contributed by atoms with Crippen LogP contribution in [-0.4, -0.2) is 54.8 Å². The van der Waals surface area contributed by atoms with Crippen molar-refractivity contribution < 1.29 is 9.47 Å². The van der Waals surface area contributed by atoms with E-state index in [1.54, 1.807) is 7.11 Å². The van der Waals surface area contributed by atoms with Crippen molar-refractivity contribution in [3.05, 3.63) is 17.3 Å². The van der Waals surface area contributed by atoms with Crippen molar-refractivity contribution in [2.45, 2.75) is 52.4 Å². The van der Waals surface area contributed by atoms with E-state index >= 15 is 0 Å². The molecule has 158 valence electrons. The van der Waals surface area contributed by atoms with Crippen LogP contribution in [0, 0.1) is 5.92 Å². The first-order chi connectivity index (χ1) is 14.2. The van der Waals surface area contributed by atoms with Gasteiger partial charge in [-0.25, -0.2) is 4.98 Å². The van der Waals surface area contributed by atoms with Crippen LogP contribution in [0.5, 0.6) is 11.6 Å². The molecular weight excluding hydrogens is 364 g/mol. The lowest BCUT2D eigenvalue weighted by Crippen LogP contribution is -2.22. The summed E-state index contributed by atoms with van der Waals surface area (Å²) in [7, 11) is 1.66. The number of methoxy groups -OCH3 is 1. The van der Waals surface area contributed by atoms with Crippen LogP contribution in [-0.2, 0) is 12.8 Å². The Labute approximate surface area is 174 Å². The highest BCUT2D eigenvalue weighted by Crippen LogP contribution is 2.38. The van der Waals surface area contributed by atoms with E-state index in [1.807, 2.05) is 6.07 Å². The van der Waals surface area contributed by atoms with Crippen LogP contribution in [0.15, 0.2) is 6.07 Å². The minimum absolute atomic E-state index is 0.547. The van der Waals surface area contributed by atoms with Crippen LogP contribution >= 0.6 is 0 Å². The largest absolute Gasteiger partial charge is 0.488 e. The summed E-state index contributed by atoms with van der Waals surface area (Å²) in [6, 6.07) is 2.01. The molecule has 1 saturated heterocycles. The van der Waals surface area contributed by atoms with Crippen molar-refractivity contribution in [1.29, 1.82) is 0 Å².